The molecule has 0 saturated carbocycles. The van der Waals surface area contributed by atoms with E-state index < -0.39 is 15.8 Å². The second-order valence-electron chi connectivity index (χ2n) is 9.01. The molecule has 0 radical (unpaired) electrons. The fourth-order valence-electron chi connectivity index (χ4n) is 4.61. The highest BCUT2D eigenvalue weighted by Crippen LogP contribution is 2.43. The third kappa shape index (κ3) is 6.33. The molecule has 5 aromatic carbocycles. The molecular weight excluding hydrogens is 502 g/mol. The van der Waals surface area contributed by atoms with Crippen LogP contribution in [-0.2, 0) is 12.3 Å². The maximum absolute atomic E-state index is 5.44. The van der Waals surface area contributed by atoms with Gasteiger partial charge in [-0.2, -0.15) is 0 Å². The molecule has 0 bridgehead atoms. The van der Waals surface area contributed by atoms with E-state index >= 15 is 0 Å². The van der Waals surface area contributed by atoms with E-state index in [0.29, 0.717) is 0 Å². The SMILES string of the molecule is COc1ccc(P(Cc2ccccc2CP(c2ccccc2)c2ccccc2)c2ccc(OC)cc2)cc1. The van der Waals surface area contributed by atoms with Crippen molar-refractivity contribution in [3.05, 3.63) is 145 Å². The molecule has 0 N–H and O–H groups in total. The quantitative estimate of drug-likeness (QED) is 0.180. The minimum absolute atomic E-state index is 0.516. The lowest BCUT2D eigenvalue weighted by Gasteiger charge is -2.24. The zero-order valence-electron chi connectivity index (χ0n) is 21.8. The van der Waals surface area contributed by atoms with Crippen LogP contribution in [0.2, 0.25) is 0 Å². The summed E-state index contributed by atoms with van der Waals surface area (Å²) >= 11 is 0. The van der Waals surface area contributed by atoms with Crippen LogP contribution in [0.3, 0.4) is 0 Å². The lowest BCUT2D eigenvalue weighted by Crippen LogP contribution is -2.15. The summed E-state index contributed by atoms with van der Waals surface area (Å²) in [6.45, 7) is 0. The molecule has 0 aliphatic rings. The summed E-state index contributed by atoms with van der Waals surface area (Å²) in [5.41, 5.74) is 2.85. The first-order chi connectivity index (χ1) is 18.7. The maximum Gasteiger partial charge on any atom is 0.118 e. The van der Waals surface area contributed by atoms with Crippen LogP contribution in [0.1, 0.15) is 11.1 Å². The molecule has 2 nitrogen and oxygen atoms in total. The summed E-state index contributed by atoms with van der Waals surface area (Å²) in [7, 11) is 2.30. The maximum atomic E-state index is 5.44. The molecule has 4 heteroatoms. The number of rotatable bonds is 10. The second-order valence-corrected chi connectivity index (χ2v) is 13.4. The molecule has 0 amide bonds. The first-order valence-corrected chi connectivity index (χ1v) is 15.8. The highest BCUT2D eigenvalue weighted by molar-refractivity contribution is 7.72. The number of benzene rings is 5. The van der Waals surface area contributed by atoms with Crippen LogP contribution in [0.15, 0.2) is 133 Å². The molecule has 0 fully saturated rings. The van der Waals surface area contributed by atoms with Crippen molar-refractivity contribution >= 4 is 37.1 Å². The van der Waals surface area contributed by atoms with E-state index in [9.17, 15) is 0 Å². The molecule has 0 unspecified atom stereocenters. The molecule has 0 aliphatic carbocycles. The van der Waals surface area contributed by atoms with Gasteiger partial charge in [0.2, 0.25) is 0 Å². The predicted octanol–water partition coefficient (Wildman–Crippen LogP) is 6.97. The first-order valence-electron chi connectivity index (χ1n) is 12.8. The smallest absolute Gasteiger partial charge is 0.118 e. The van der Waals surface area contributed by atoms with E-state index in [4.69, 9.17) is 9.47 Å². The lowest BCUT2D eigenvalue weighted by atomic mass is 10.1. The van der Waals surface area contributed by atoms with Crippen LogP contribution in [0.4, 0.5) is 0 Å². The van der Waals surface area contributed by atoms with Gasteiger partial charge in [-0.1, -0.05) is 109 Å². The molecular formula is C34H32O2P2. The summed E-state index contributed by atoms with van der Waals surface area (Å²) in [5.74, 6) is 1.77. The molecule has 5 aromatic rings. The molecule has 0 aliphatic heterocycles. The van der Waals surface area contributed by atoms with Gasteiger partial charge in [0.15, 0.2) is 0 Å². The van der Waals surface area contributed by atoms with Crippen molar-refractivity contribution in [1.29, 1.82) is 0 Å². The number of hydrogen-bond donors (Lipinski definition) is 0. The van der Waals surface area contributed by atoms with Crippen LogP contribution >= 0.6 is 15.8 Å². The average Bonchev–Trinajstić information content (AvgIpc) is 3.00. The molecule has 5 rings (SSSR count). The Kier molecular flexibility index (Phi) is 8.87. The number of hydrogen-bond acceptors (Lipinski definition) is 2. The predicted molar refractivity (Wildman–Crippen MR) is 165 cm³/mol. The minimum atomic E-state index is -0.616. The van der Waals surface area contributed by atoms with E-state index in [-0.39, 0.29) is 0 Å². The van der Waals surface area contributed by atoms with E-state index in [1.807, 2.05) is 0 Å². The fraction of sp³-hybridized carbons (Fsp3) is 0.118. The zero-order chi connectivity index (χ0) is 26.2. The van der Waals surface area contributed by atoms with Crippen LogP contribution in [0, 0.1) is 0 Å². The van der Waals surface area contributed by atoms with Gasteiger partial charge >= 0.3 is 0 Å². The van der Waals surface area contributed by atoms with Crippen molar-refractivity contribution in [2.24, 2.45) is 0 Å². The molecule has 0 atom stereocenters. The Morgan fingerprint density at radius 2 is 0.711 bits per heavy atom. The summed E-state index contributed by atoms with van der Waals surface area (Å²) < 4.78 is 10.9. The number of ether oxygens (including phenoxy) is 2. The molecule has 0 heterocycles. The van der Waals surface area contributed by atoms with Gasteiger partial charge in [0.25, 0.3) is 0 Å². The first kappa shape index (κ1) is 26.2. The number of methoxy groups -OCH3 is 2. The van der Waals surface area contributed by atoms with Crippen LogP contribution < -0.4 is 30.7 Å². The van der Waals surface area contributed by atoms with E-state index in [1.54, 1.807) is 14.2 Å². The Bertz CT molecular complexity index is 1330. The third-order valence-corrected chi connectivity index (χ3v) is 11.7. The van der Waals surface area contributed by atoms with Crippen molar-refractivity contribution in [2.75, 3.05) is 14.2 Å². The standard InChI is InChI=1S/C34H32O2P2/c1-35-29-17-21-33(22-18-29)38(34-23-19-30(36-2)20-24-34)26-28-12-10-9-11-27(28)25-37(31-13-5-3-6-14-31)32-15-7-4-8-16-32/h3-24H,25-26H2,1-2H3. The second kappa shape index (κ2) is 12.9. The Hall–Kier alpha value is -3.44. The van der Waals surface area contributed by atoms with Gasteiger partial charge < -0.3 is 9.47 Å². The Morgan fingerprint density at radius 1 is 0.395 bits per heavy atom. The Balaban J connectivity index is 1.51. The van der Waals surface area contributed by atoms with Crippen LogP contribution in [0.25, 0.3) is 0 Å². The van der Waals surface area contributed by atoms with Gasteiger partial charge in [-0.05, 0) is 72.5 Å². The van der Waals surface area contributed by atoms with Gasteiger partial charge in [0, 0.05) is 12.3 Å². The highest BCUT2D eigenvalue weighted by atomic mass is 31.1. The zero-order valence-corrected chi connectivity index (χ0v) is 23.6. The van der Waals surface area contributed by atoms with Crippen molar-refractivity contribution < 1.29 is 9.47 Å². The lowest BCUT2D eigenvalue weighted by molar-refractivity contribution is 0.415. The van der Waals surface area contributed by atoms with Crippen LogP contribution in [-0.4, -0.2) is 14.2 Å². The summed E-state index contributed by atoms with van der Waals surface area (Å²) in [6, 6.07) is 48.2. The van der Waals surface area contributed by atoms with Crippen LogP contribution in [0.5, 0.6) is 11.5 Å². The van der Waals surface area contributed by atoms with Gasteiger partial charge in [-0.25, -0.2) is 0 Å². The van der Waals surface area contributed by atoms with E-state index in [1.165, 1.54) is 32.3 Å². The normalized spacial score (nSPS) is 11.1. The van der Waals surface area contributed by atoms with Gasteiger partial charge in [0.05, 0.1) is 14.2 Å². The molecule has 38 heavy (non-hydrogen) atoms. The van der Waals surface area contributed by atoms with Crippen molar-refractivity contribution in [2.45, 2.75) is 12.3 Å². The third-order valence-electron chi connectivity index (χ3n) is 6.68. The Morgan fingerprint density at radius 3 is 1.05 bits per heavy atom. The minimum Gasteiger partial charge on any atom is -0.497 e. The van der Waals surface area contributed by atoms with Gasteiger partial charge in [0.1, 0.15) is 11.5 Å². The molecule has 0 saturated heterocycles. The summed E-state index contributed by atoms with van der Waals surface area (Å²) in [5, 5.41) is 5.51. The van der Waals surface area contributed by atoms with Crippen molar-refractivity contribution in [1.82, 2.24) is 0 Å². The largest absolute Gasteiger partial charge is 0.497 e. The van der Waals surface area contributed by atoms with Crippen molar-refractivity contribution in [3.8, 4) is 11.5 Å². The van der Waals surface area contributed by atoms with Gasteiger partial charge in [-0.15, -0.1) is 0 Å². The summed E-state index contributed by atoms with van der Waals surface area (Å²) in [6.07, 6.45) is 2.00. The van der Waals surface area contributed by atoms with Crippen molar-refractivity contribution in [3.63, 3.8) is 0 Å². The summed E-state index contributed by atoms with van der Waals surface area (Å²) in [4.78, 5) is 0. The molecule has 190 valence electrons. The average molecular weight is 535 g/mol. The molecule has 0 aromatic heterocycles. The monoisotopic (exact) mass is 534 g/mol. The van der Waals surface area contributed by atoms with E-state index in [0.717, 1.165) is 23.8 Å². The van der Waals surface area contributed by atoms with Gasteiger partial charge in [-0.3, -0.25) is 0 Å². The fourth-order valence-corrected chi connectivity index (χ4v) is 9.32. The Labute approximate surface area is 228 Å². The molecule has 0 spiro atoms. The highest BCUT2D eigenvalue weighted by Gasteiger charge is 2.20. The van der Waals surface area contributed by atoms with E-state index in [2.05, 4.69) is 133 Å². The topological polar surface area (TPSA) is 18.5 Å².